The molecule has 0 aliphatic carbocycles. The first-order valence-electron chi connectivity index (χ1n) is 5.29. The minimum absolute atomic E-state index is 0.0106. The Morgan fingerprint density at radius 1 is 1.32 bits per heavy atom. The van der Waals surface area contributed by atoms with Crippen LogP contribution in [0.15, 0.2) is 16.7 Å². The van der Waals surface area contributed by atoms with Crippen molar-refractivity contribution in [2.45, 2.75) is 13.8 Å². The van der Waals surface area contributed by atoms with Gasteiger partial charge in [-0.3, -0.25) is 4.79 Å². The maximum absolute atomic E-state index is 13.4. The van der Waals surface area contributed by atoms with Crippen LogP contribution in [0, 0.1) is 19.7 Å². The number of carbonyl (C=O) groups excluding carboxylic acids is 1. The quantitative estimate of drug-likeness (QED) is 0.853. The molecule has 7 heteroatoms. The number of amides is 1. The predicted octanol–water partition coefficient (Wildman–Crippen LogP) is 3.99. The van der Waals surface area contributed by atoms with Crippen LogP contribution in [0.3, 0.4) is 0 Å². The average Bonchev–Trinajstić information content (AvgIpc) is 2.65. The van der Waals surface area contributed by atoms with Crippen molar-refractivity contribution in [3.05, 3.63) is 45.0 Å². The molecular weight excluding hydrogens is 294 g/mol. The van der Waals surface area contributed by atoms with E-state index in [4.69, 9.17) is 27.7 Å². The molecule has 0 spiro atoms. The largest absolute Gasteiger partial charge is 0.359 e. The highest BCUT2D eigenvalue weighted by molar-refractivity contribution is 6.37. The van der Waals surface area contributed by atoms with Gasteiger partial charge in [0.2, 0.25) is 0 Å². The van der Waals surface area contributed by atoms with Gasteiger partial charge < -0.3 is 9.84 Å². The lowest BCUT2D eigenvalue weighted by atomic mass is 10.2. The molecule has 0 bridgehead atoms. The van der Waals surface area contributed by atoms with Crippen molar-refractivity contribution < 1.29 is 13.7 Å². The first-order valence-corrected chi connectivity index (χ1v) is 6.04. The molecule has 4 nitrogen and oxygen atoms in total. The van der Waals surface area contributed by atoms with Crippen LogP contribution in [0.2, 0.25) is 10.0 Å². The molecule has 0 aliphatic rings. The standard InChI is InChI=1S/C12H9Cl2FN2O2/c1-5-11(6(2)19-17-5)16-12(18)7-3-10(15)9(14)4-8(7)13/h3-4H,1-2H3,(H,16,18). The van der Waals surface area contributed by atoms with Crippen molar-refractivity contribution in [1.82, 2.24) is 5.16 Å². The molecule has 100 valence electrons. The monoisotopic (exact) mass is 302 g/mol. The second-order valence-electron chi connectivity index (χ2n) is 3.90. The Kier molecular flexibility index (Phi) is 3.78. The molecule has 0 fully saturated rings. The van der Waals surface area contributed by atoms with Crippen LogP contribution >= 0.6 is 23.2 Å². The highest BCUT2D eigenvalue weighted by atomic mass is 35.5. The van der Waals surface area contributed by atoms with Crippen LogP contribution in [0.4, 0.5) is 10.1 Å². The predicted molar refractivity (Wildman–Crippen MR) is 70.4 cm³/mol. The van der Waals surface area contributed by atoms with Gasteiger partial charge >= 0.3 is 0 Å². The van der Waals surface area contributed by atoms with Crippen LogP contribution < -0.4 is 5.32 Å². The third kappa shape index (κ3) is 2.72. The van der Waals surface area contributed by atoms with E-state index >= 15 is 0 Å². The smallest absolute Gasteiger partial charge is 0.257 e. The van der Waals surface area contributed by atoms with Gasteiger partial charge in [-0.25, -0.2) is 4.39 Å². The highest BCUT2D eigenvalue weighted by Crippen LogP contribution is 2.26. The van der Waals surface area contributed by atoms with E-state index in [9.17, 15) is 9.18 Å². The maximum atomic E-state index is 13.4. The number of nitrogens with one attached hydrogen (secondary N) is 1. The minimum Gasteiger partial charge on any atom is -0.359 e. The number of hydrogen-bond acceptors (Lipinski definition) is 3. The summed E-state index contributed by atoms with van der Waals surface area (Å²) in [5, 5.41) is 6.20. The molecule has 19 heavy (non-hydrogen) atoms. The molecule has 0 aliphatic heterocycles. The fourth-order valence-corrected chi connectivity index (χ4v) is 2.01. The lowest BCUT2D eigenvalue weighted by Gasteiger charge is -2.07. The van der Waals surface area contributed by atoms with E-state index in [1.54, 1.807) is 13.8 Å². The number of aromatic nitrogens is 1. The van der Waals surface area contributed by atoms with E-state index in [0.29, 0.717) is 17.1 Å². The van der Waals surface area contributed by atoms with Crippen molar-refractivity contribution in [3.63, 3.8) is 0 Å². The number of carbonyl (C=O) groups is 1. The zero-order valence-corrected chi connectivity index (χ0v) is 11.6. The van der Waals surface area contributed by atoms with E-state index in [1.807, 2.05) is 0 Å². The van der Waals surface area contributed by atoms with E-state index in [-0.39, 0.29) is 15.6 Å². The van der Waals surface area contributed by atoms with Crippen LogP contribution in [0.1, 0.15) is 21.8 Å². The van der Waals surface area contributed by atoms with E-state index in [2.05, 4.69) is 10.5 Å². The number of hydrogen-bond donors (Lipinski definition) is 1. The van der Waals surface area contributed by atoms with Gasteiger partial charge in [0.1, 0.15) is 17.2 Å². The van der Waals surface area contributed by atoms with E-state index in [0.717, 1.165) is 6.07 Å². The van der Waals surface area contributed by atoms with E-state index < -0.39 is 11.7 Å². The molecule has 2 rings (SSSR count). The van der Waals surface area contributed by atoms with Crippen LogP contribution in [0.25, 0.3) is 0 Å². The molecule has 2 aromatic rings. The summed E-state index contributed by atoms with van der Waals surface area (Å²) in [4.78, 5) is 12.0. The van der Waals surface area contributed by atoms with Crippen molar-refractivity contribution in [2.24, 2.45) is 0 Å². The first-order chi connectivity index (χ1) is 8.90. The molecule has 0 saturated carbocycles. The Labute approximate surface area is 118 Å². The Bertz CT molecular complexity index is 636. The number of halogens is 3. The van der Waals surface area contributed by atoms with Gasteiger partial charge in [-0.2, -0.15) is 0 Å². The number of nitrogens with zero attached hydrogens (tertiary/aromatic N) is 1. The Morgan fingerprint density at radius 3 is 2.58 bits per heavy atom. The molecule has 1 aromatic carbocycles. The van der Waals surface area contributed by atoms with Gasteiger partial charge in [0, 0.05) is 0 Å². The molecular formula is C12H9Cl2FN2O2. The number of aryl methyl sites for hydroxylation is 2. The van der Waals surface area contributed by atoms with Crippen molar-refractivity contribution in [1.29, 1.82) is 0 Å². The number of rotatable bonds is 2. The molecule has 1 heterocycles. The highest BCUT2D eigenvalue weighted by Gasteiger charge is 2.17. The Morgan fingerprint density at radius 2 is 2.00 bits per heavy atom. The summed E-state index contributed by atoms with van der Waals surface area (Å²) in [5.41, 5.74) is 0.955. The SMILES string of the molecule is Cc1noc(C)c1NC(=O)c1cc(F)c(Cl)cc1Cl. The Hall–Kier alpha value is -1.59. The van der Waals surface area contributed by atoms with Gasteiger partial charge in [-0.15, -0.1) is 0 Å². The van der Waals surface area contributed by atoms with Gasteiger partial charge in [0.15, 0.2) is 5.76 Å². The van der Waals surface area contributed by atoms with E-state index in [1.165, 1.54) is 6.07 Å². The molecule has 0 atom stereocenters. The molecule has 0 radical (unpaired) electrons. The first kappa shape index (κ1) is 13.8. The van der Waals surface area contributed by atoms with Gasteiger partial charge in [0.25, 0.3) is 5.91 Å². The zero-order valence-electron chi connectivity index (χ0n) is 10.1. The fraction of sp³-hybridized carbons (Fsp3) is 0.167. The van der Waals surface area contributed by atoms with Crippen molar-refractivity contribution in [2.75, 3.05) is 5.32 Å². The lowest BCUT2D eigenvalue weighted by molar-refractivity contribution is 0.102. The van der Waals surface area contributed by atoms with Crippen LogP contribution in [0.5, 0.6) is 0 Å². The van der Waals surface area contributed by atoms with Gasteiger partial charge in [-0.1, -0.05) is 28.4 Å². The van der Waals surface area contributed by atoms with Crippen LogP contribution in [-0.2, 0) is 0 Å². The average molecular weight is 303 g/mol. The summed E-state index contributed by atoms with van der Waals surface area (Å²) in [5.74, 6) is -0.818. The fourth-order valence-electron chi connectivity index (χ4n) is 1.54. The number of benzene rings is 1. The summed E-state index contributed by atoms with van der Waals surface area (Å²) in [6.07, 6.45) is 0. The molecule has 0 saturated heterocycles. The topological polar surface area (TPSA) is 55.1 Å². The van der Waals surface area contributed by atoms with Crippen LogP contribution in [-0.4, -0.2) is 11.1 Å². The third-order valence-corrected chi connectivity index (χ3v) is 3.13. The van der Waals surface area contributed by atoms with Gasteiger partial charge in [-0.05, 0) is 26.0 Å². The number of anilines is 1. The summed E-state index contributed by atoms with van der Waals surface area (Å²) in [6.45, 7) is 3.33. The summed E-state index contributed by atoms with van der Waals surface area (Å²) >= 11 is 11.4. The summed E-state index contributed by atoms with van der Waals surface area (Å²) in [6, 6.07) is 2.17. The lowest BCUT2D eigenvalue weighted by Crippen LogP contribution is -2.14. The summed E-state index contributed by atoms with van der Waals surface area (Å²) < 4.78 is 18.3. The second kappa shape index (κ2) is 5.19. The molecule has 1 N–H and O–H groups in total. The molecule has 1 amide bonds. The second-order valence-corrected chi connectivity index (χ2v) is 4.71. The maximum Gasteiger partial charge on any atom is 0.257 e. The van der Waals surface area contributed by atoms with Crippen molar-refractivity contribution in [3.8, 4) is 0 Å². The summed E-state index contributed by atoms with van der Waals surface area (Å²) in [7, 11) is 0. The molecule has 0 unspecified atom stereocenters. The third-order valence-electron chi connectivity index (χ3n) is 2.53. The normalized spacial score (nSPS) is 10.6. The zero-order chi connectivity index (χ0) is 14.2. The minimum atomic E-state index is -0.713. The van der Waals surface area contributed by atoms with Gasteiger partial charge in [0.05, 0.1) is 15.6 Å². The van der Waals surface area contributed by atoms with Crippen molar-refractivity contribution >= 4 is 34.8 Å². The Balaban J connectivity index is 2.33. The molecule has 1 aromatic heterocycles.